The molecule has 0 bridgehead atoms. The van der Waals surface area contributed by atoms with Crippen LogP contribution in [0.4, 0.5) is 11.4 Å². The molecule has 0 aliphatic carbocycles. The summed E-state index contributed by atoms with van der Waals surface area (Å²) in [6, 6.07) is 18.2. The van der Waals surface area contributed by atoms with Crippen LogP contribution in [0.1, 0.15) is 0 Å². The molecule has 0 saturated heterocycles. The monoisotopic (exact) mass is 416 g/mol. The van der Waals surface area contributed by atoms with E-state index in [1.807, 2.05) is 42.5 Å². The highest BCUT2D eigenvalue weighted by atomic mass is 16.5. The number of anilines is 2. The number of hydrogen-bond donors (Lipinski definition) is 1. The zero-order chi connectivity index (χ0) is 21.4. The molecule has 2 heterocycles. The largest absolute Gasteiger partial charge is 0.496 e. The molecular formula is C25H24N2O4. The molecule has 1 aromatic heterocycles. The summed E-state index contributed by atoms with van der Waals surface area (Å²) in [5.74, 6) is 1.58. The number of aromatic nitrogens is 1. The molecule has 31 heavy (non-hydrogen) atoms. The fourth-order valence-electron chi connectivity index (χ4n) is 4.50. The van der Waals surface area contributed by atoms with Gasteiger partial charge in [-0.05, 0) is 36.4 Å². The maximum absolute atomic E-state index is 9.06. The Bertz CT molecular complexity index is 1270. The Balaban J connectivity index is 1.87. The molecule has 4 aromatic rings. The Morgan fingerprint density at radius 1 is 0.774 bits per heavy atom. The Labute approximate surface area is 180 Å². The molecule has 0 spiro atoms. The summed E-state index contributed by atoms with van der Waals surface area (Å²) >= 11 is 0. The van der Waals surface area contributed by atoms with E-state index >= 15 is 0 Å². The number of aliphatic hydroxyl groups excluding tert-OH is 1. The van der Waals surface area contributed by atoms with E-state index in [0.29, 0.717) is 19.8 Å². The minimum Gasteiger partial charge on any atom is -0.496 e. The molecule has 5 rings (SSSR count). The number of rotatable bonds is 7. The first-order chi connectivity index (χ1) is 15.3. The van der Waals surface area contributed by atoms with E-state index in [1.54, 1.807) is 14.2 Å². The molecule has 0 fully saturated rings. The van der Waals surface area contributed by atoms with Gasteiger partial charge in [0.1, 0.15) is 11.5 Å². The third kappa shape index (κ3) is 3.07. The zero-order valence-corrected chi connectivity index (χ0v) is 17.6. The van der Waals surface area contributed by atoms with Gasteiger partial charge in [-0.15, -0.1) is 0 Å². The zero-order valence-electron chi connectivity index (χ0n) is 17.6. The van der Waals surface area contributed by atoms with Gasteiger partial charge in [0.2, 0.25) is 0 Å². The number of benzene rings is 3. The number of nitrogens with zero attached hydrogens (tertiary/aromatic N) is 2. The van der Waals surface area contributed by atoms with Gasteiger partial charge in [-0.3, -0.25) is 0 Å². The van der Waals surface area contributed by atoms with Crippen LogP contribution in [-0.4, -0.2) is 50.7 Å². The molecule has 6 nitrogen and oxygen atoms in total. The lowest BCUT2D eigenvalue weighted by Crippen LogP contribution is -2.26. The Morgan fingerprint density at radius 3 is 2.23 bits per heavy atom. The maximum Gasteiger partial charge on any atom is 0.128 e. The SMILES string of the molecule is COc1cccc2c1-c1c3c(OC)cccc3nc3cccc(c13)N2CCOCCO. The lowest BCUT2D eigenvalue weighted by molar-refractivity contribution is 0.0976. The lowest BCUT2D eigenvalue weighted by Gasteiger charge is -2.34. The van der Waals surface area contributed by atoms with Gasteiger partial charge >= 0.3 is 0 Å². The Hall–Kier alpha value is -3.35. The molecule has 158 valence electrons. The standard InChI is InChI=1S/C25H24N2O4/c1-29-20-10-4-7-17-23(20)25-22-16(26-17)6-3-8-18(22)27(12-14-31-15-13-28)19-9-5-11-21(30-2)24(19)25/h3-11,28H,12-15H2,1-2H3. The van der Waals surface area contributed by atoms with E-state index in [4.69, 9.17) is 24.3 Å². The normalized spacial score (nSPS) is 12.3. The second-order valence-corrected chi connectivity index (χ2v) is 7.35. The van der Waals surface area contributed by atoms with Crippen LogP contribution in [0.5, 0.6) is 11.5 Å². The summed E-state index contributed by atoms with van der Waals surface area (Å²) in [6.07, 6.45) is 0. The molecule has 1 aliphatic rings. The molecule has 0 saturated carbocycles. The summed E-state index contributed by atoms with van der Waals surface area (Å²) in [5.41, 5.74) is 6.02. The molecule has 0 amide bonds. The van der Waals surface area contributed by atoms with Crippen LogP contribution in [0.25, 0.3) is 32.9 Å². The van der Waals surface area contributed by atoms with E-state index in [2.05, 4.69) is 17.0 Å². The molecule has 1 N–H and O–H groups in total. The van der Waals surface area contributed by atoms with Crippen molar-refractivity contribution in [2.24, 2.45) is 0 Å². The van der Waals surface area contributed by atoms with Crippen molar-refractivity contribution in [3.05, 3.63) is 54.6 Å². The molecule has 3 aromatic carbocycles. The molecule has 0 atom stereocenters. The summed E-state index contributed by atoms with van der Waals surface area (Å²) in [4.78, 5) is 7.19. The number of fused-ring (bicyclic) bond motifs is 4. The van der Waals surface area contributed by atoms with E-state index in [0.717, 1.165) is 55.8 Å². The fourth-order valence-corrected chi connectivity index (χ4v) is 4.50. The Kier molecular flexibility index (Phi) is 5.10. The highest BCUT2D eigenvalue weighted by Crippen LogP contribution is 2.54. The van der Waals surface area contributed by atoms with E-state index < -0.39 is 0 Å². The first kappa shape index (κ1) is 19.6. The summed E-state index contributed by atoms with van der Waals surface area (Å²) in [7, 11) is 3.39. The average Bonchev–Trinajstić information content (AvgIpc) is 2.81. The first-order valence-electron chi connectivity index (χ1n) is 10.3. The van der Waals surface area contributed by atoms with Gasteiger partial charge in [0.25, 0.3) is 0 Å². The number of ether oxygens (including phenoxy) is 3. The predicted molar refractivity (Wildman–Crippen MR) is 123 cm³/mol. The van der Waals surface area contributed by atoms with E-state index in [1.165, 1.54) is 0 Å². The van der Waals surface area contributed by atoms with Crippen LogP contribution in [0.3, 0.4) is 0 Å². The topological polar surface area (TPSA) is 64.1 Å². The van der Waals surface area contributed by atoms with Crippen LogP contribution in [0.15, 0.2) is 54.6 Å². The van der Waals surface area contributed by atoms with Crippen molar-refractivity contribution >= 4 is 33.2 Å². The van der Waals surface area contributed by atoms with Crippen molar-refractivity contribution in [2.75, 3.05) is 45.5 Å². The number of pyridine rings is 1. The Morgan fingerprint density at radius 2 is 1.45 bits per heavy atom. The van der Waals surface area contributed by atoms with Crippen molar-refractivity contribution in [1.82, 2.24) is 4.98 Å². The fraction of sp³-hybridized carbons (Fsp3) is 0.240. The van der Waals surface area contributed by atoms with Gasteiger partial charge in [0.05, 0.1) is 61.8 Å². The predicted octanol–water partition coefficient (Wildman–Crippen LogP) is 4.53. The smallest absolute Gasteiger partial charge is 0.128 e. The lowest BCUT2D eigenvalue weighted by atomic mass is 9.89. The molecule has 1 aliphatic heterocycles. The highest BCUT2D eigenvalue weighted by Gasteiger charge is 2.30. The van der Waals surface area contributed by atoms with Crippen molar-refractivity contribution < 1.29 is 19.3 Å². The van der Waals surface area contributed by atoms with Crippen molar-refractivity contribution in [2.45, 2.75) is 0 Å². The maximum atomic E-state index is 9.06. The summed E-state index contributed by atoms with van der Waals surface area (Å²) in [5, 5.41) is 11.1. The van der Waals surface area contributed by atoms with Gasteiger partial charge in [0, 0.05) is 23.1 Å². The third-order valence-corrected chi connectivity index (χ3v) is 5.74. The number of hydrogen-bond acceptors (Lipinski definition) is 6. The van der Waals surface area contributed by atoms with Crippen molar-refractivity contribution in [1.29, 1.82) is 0 Å². The van der Waals surface area contributed by atoms with Gasteiger partial charge in [0.15, 0.2) is 0 Å². The van der Waals surface area contributed by atoms with Crippen LogP contribution in [0.2, 0.25) is 0 Å². The minimum atomic E-state index is 0.0124. The molecule has 0 unspecified atom stereocenters. The van der Waals surface area contributed by atoms with Crippen LogP contribution in [0, 0.1) is 0 Å². The van der Waals surface area contributed by atoms with Gasteiger partial charge < -0.3 is 24.2 Å². The molecular weight excluding hydrogens is 392 g/mol. The van der Waals surface area contributed by atoms with Crippen molar-refractivity contribution in [3.8, 4) is 22.6 Å². The summed E-state index contributed by atoms with van der Waals surface area (Å²) in [6.45, 7) is 1.47. The number of aliphatic hydroxyl groups is 1. The third-order valence-electron chi connectivity index (χ3n) is 5.74. The average molecular weight is 416 g/mol. The molecule has 0 radical (unpaired) electrons. The van der Waals surface area contributed by atoms with Crippen LogP contribution < -0.4 is 14.4 Å². The minimum absolute atomic E-state index is 0.0124. The van der Waals surface area contributed by atoms with Gasteiger partial charge in [-0.1, -0.05) is 18.2 Å². The van der Waals surface area contributed by atoms with E-state index in [9.17, 15) is 0 Å². The van der Waals surface area contributed by atoms with Crippen LogP contribution >= 0.6 is 0 Å². The first-order valence-corrected chi connectivity index (χ1v) is 10.3. The second-order valence-electron chi connectivity index (χ2n) is 7.35. The van der Waals surface area contributed by atoms with Crippen molar-refractivity contribution in [3.63, 3.8) is 0 Å². The highest BCUT2D eigenvalue weighted by molar-refractivity contribution is 6.21. The second kappa shape index (κ2) is 8.06. The van der Waals surface area contributed by atoms with Crippen LogP contribution in [-0.2, 0) is 4.74 Å². The quantitative estimate of drug-likeness (QED) is 0.353. The number of methoxy groups -OCH3 is 2. The van der Waals surface area contributed by atoms with E-state index in [-0.39, 0.29) is 6.61 Å². The van der Waals surface area contributed by atoms with Gasteiger partial charge in [-0.2, -0.15) is 0 Å². The molecule has 6 heteroatoms. The van der Waals surface area contributed by atoms with Gasteiger partial charge in [-0.25, -0.2) is 4.98 Å². The summed E-state index contributed by atoms with van der Waals surface area (Å²) < 4.78 is 17.2.